The molecule has 0 aliphatic carbocycles. The zero-order chi connectivity index (χ0) is 18.6. The van der Waals surface area contributed by atoms with E-state index in [1.54, 1.807) is 7.11 Å². The summed E-state index contributed by atoms with van der Waals surface area (Å²) in [6.45, 7) is 10.3. The Morgan fingerprint density at radius 2 is 1.76 bits per heavy atom. The number of ether oxygens (including phenoxy) is 1. The van der Waals surface area contributed by atoms with E-state index in [1.807, 2.05) is 26.0 Å². The van der Waals surface area contributed by atoms with Crippen molar-refractivity contribution >= 4 is 5.91 Å². The van der Waals surface area contributed by atoms with Gasteiger partial charge in [-0.1, -0.05) is 45.0 Å². The molecule has 3 nitrogen and oxygen atoms in total. The minimum Gasteiger partial charge on any atom is -0.496 e. The summed E-state index contributed by atoms with van der Waals surface area (Å²) in [5.74, 6) is 1.09. The molecule has 0 aliphatic rings. The maximum atomic E-state index is 12.8. The summed E-state index contributed by atoms with van der Waals surface area (Å²) in [6.07, 6.45) is 1.02. The van der Waals surface area contributed by atoms with Gasteiger partial charge in [0.25, 0.3) is 5.91 Å². The van der Waals surface area contributed by atoms with Crippen LogP contribution in [0.15, 0.2) is 36.4 Å². The van der Waals surface area contributed by atoms with Gasteiger partial charge >= 0.3 is 0 Å². The van der Waals surface area contributed by atoms with Gasteiger partial charge in [0.05, 0.1) is 13.2 Å². The SMILES string of the molecule is CCc1ccc([C@@H](C)NC(=O)c2cc(C(C)C)c(OC)cc2C)cc1. The second-order valence-electron chi connectivity index (χ2n) is 6.85. The van der Waals surface area contributed by atoms with Crippen LogP contribution in [0.3, 0.4) is 0 Å². The Morgan fingerprint density at radius 3 is 2.28 bits per heavy atom. The van der Waals surface area contributed by atoms with Crippen LogP contribution in [0, 0.1) is 6.92 Å². The monoisotopic (exact) mass is 339 g/mol. The van der Waals surface area contributed by atoms with E-state index in [0.29, 0.717) is 11.5 Å². The van der Waals surface area contributed by atoms with Crippen LogP contribution in [0.2, 0.25) is 0 Å². The van der Waals surface area contributed by atoms with Crippen molar-refractivity contribution in [2.24, 2.45) is 0 Å². The van der Waals surface area contributed by atoms with Crippen LogP contribution in [0.1, 0.15) is 72.3 Å². The second-order valence-corrected chi connectivity index (χ2v) is 6.85. The molecule has 134 valence electrons. The minimum absolute atomic E-state index is 0.0394. The molecule has 0 spiro atoms. The van der Waals surface area contributed by atoms with Crippen molar-refractivity contribution in [1.82, 2.24) is 5.32 Å². The zero-order valence-electron chi connectivity index (χ0n) is 16.1. The van der Waals surface area contributed by atoms with E-state index >= 15 is 0 Å². The van der Waals surface area contributed by atoms with Gasteiger partial charge < -0.3 is 10.1 Å². The van der Waals surface area contributed by atoms with Gasteiger partial charge in [-0.05, 0) is 60.6 Å². The van der Waals surface area contributed by atoms with Gasteiger partial charge in [0.1, 0.15) is 5.75 Å². The van der Waals surface area contributed by atoms with Crippen molar-refractivity contribution in [2.45, 2.75) is 53.0 Å². The number of hydrogen-bond donors (Lipinski definition) is 1. The molecule has 0 saturated carbocycles. The molecule has 0 radical (unpaired) electrons. The molecular weight excluding hydrogens is 310 g/mol. The quantitative estimate of drug-likeness (QED) is 0.787. The molecule has 0 heterocycles. The summed E-state index contributed by atoms with van der Waals surface area (Å²) in [5.41, 5.74) is 5.10. The Morgan fingerprint density at radius 1 is 1.12 bits per heavy atom. The van der Waals surface area contributed by atoms with Crippen LogP contribution < -0.4 is 10.1 Å². The molecular formula is C22H29NO2. The summed E-state index contributed by atoms with van der Waals surface area (Å²) in [7, 11) is 1.67. The molecule has 0 unspecified atom stereocenters. The van der Waals surface area contributed by atoms with Crippen LogP contribution in [0.25, 0.3) is 0 Å². The highest BCUT2D eigenvalue weighted by Crippen LogP contribution is 2.30. The summed E-state index contributed by atoms with van der Waals surface area (Å²) in [5, 5.41) is 3.11. The third kappa shape index (κ3) is 4.41. The van der Waals surface area contributed by atoms with Gasteiger partial charge in [0.15, 0.2) is 0 Å². The third-order valence-electron chi connectivity index (χ3n) is 4.68. The van der Waals surface area contributed by atoms with E-state index in [2.05, 4.69) is 50.4 Å². The first-order valence-electron chi connectivity index (χ1n) is 8.95. The Labute approximate surface area is 151 Å². The topological polar surface area (TPSA) is 38.3 Å². The molecule has 1 amide bonds. The van der Waals surface area contributed by atoms with Crippen LogP contribution >= 0.6 is 0 Å². The Bertz CT molecular complexity index is 732. The van der Waals surface area contributed by atoms with E-state index in [4.69, 9.17) is 4.74 Å². The van der Waals surface area contributed by atoms with Crippen molar-refractivity contribution in [3.8, 4) is 5.75 Å². The largest absolute Gasteiger partial charge is 0.496 e. The minimum atomic E-state index is -0.0471. The predicted molar refractivity (Wildman–Crippen MR) is 104 cm³/mol. The van der Waals surface area contributed by atoms with Gasteiger partial charge in [0.2, 0.25) is 0 Å². The molecule has 1 atom stereocenters. The normalized spacial score (nSPS) is 12.1. The molecule has 3 heteroatoms. The number of rotatable bonds is 6. The highest BCUT2D eigenvalue weighted by Gasteiger charge is 2.17. The number of methoxy groups -OCH3 is 1. The van der Waals surface area contributed by atoms with E-state index in [0.717, 1.165) is 28.9 Å². The lowest BCUT2D eigenvalue weighted by atomic mass is 9.95. The zero-order valence-corrected chi connectivity index (χ0v) is 16.1. The molecule has 25 heavy (non-hydrogen) atoms. The molecule has 1 N–H and O–H groups in total. The Balaban J connectivity index is 2.23. The van der Waals surface area contributed by atoms with E-state index in [9.17, 15) is 4.79 Å². The lowest BCUT2D eigenvalue weighted by Crippen LogP contribution is -2.27. The molecule has 0 saturated heterocycles. The van der Waals surface area contributed by atoms with Crippen LogP contribution in [0.4, 0.5) is 0 Å². The van der Waals surface area contributed by atoms with Crippen LogP contribution in [-0.2, 0) is 6.42 Å². The van der Waals surface area contributed by atoms with Crippen molar-refractivity contribution in [2.75, 3.05) is 7.11 Å². The van der Waals surface area contributed by atoms with Gasteiger partial charge in [-0.15, -0.1) is 0 Å². The lowest BCUT2D eigenvalue weighted by Gasteiger charge is -2.18. The molecule has 0 aromatic heterocycles. The van der Waals surface area contributed by atoms with Gasteiger partial charge in [-0.3, -0.25) is 4.79 Å². The Kier molecular flexibility index (Phi) is 6.24. The number of carbonyl (C=O) groups is 1. The maximum Gasteiger partial charge on any atom is 0.252 e. The predicted octanol–water partition coefficient (Wildman–Crippen LogP) is 5.18. The summed E-state index contributed by atoms with van der Waals surface area (Å²) < 4.78 is 5.46. The number of benzene rings is 2. The van der Waals surface area contributed by atoms with Crippen LogP contribution in [0.5, 0.6) is 5.75 Å². The Hall–Kier alpha value is -2.29. The van der Waals surface area contributed by atoms with E-state index < -0.39 is 0 Å². The average molecular weight is 339 g/mol. The number of carbonyl (C=O) groups excluding carboxylic acids is 1. The van der Waals surface area contributed by atoms with E-state index in [1.165, 1.54) is 5.56 Å². The average Bonchev–Trinajstić information content (AvgIpc) is 2.60. The van der Waals surface area contributed by atoms with Crippen molar-refractivity contribution < 1.29 is 9.53 Å². The second kappa shape index (κ2) is 8.19. The van der Waals surface area contributed by atoms with Crippen molar-refractivity contribution in [1.29, 1.82) is 0 Å². The van der Waals surface area contributed by atoms with Gasteiger partial charge in [0, 0.05) is 5.56 Å². The first kappa shape index (κ1) is 19.0. The summed E-state index contributed by atoms with van der Waals surface area (Å²) >= 11 is 0. The lowest BCUT2D eigenvalue weighted by molar-refractivity contribution is 0.0939. The third-order valence-corrected chi connectivity index (χ3v) is 4.68. The summed E-state index contributed by atoms with van der Waals surface area (Å²) in [6, 6.07) is 12.3. The fraction of sp³-hybridized carbons (Fsp3) is 0.409. The first-order valence-corrected chi connectivity index (χ1v) is 8.95. The van der Waals surface area contributed by atoms with Crippen LogP contribution in [-0.4, -0.2) is 13.0 Å². The molecule has 2 aromatic rings. The fourth-order valence-electron chi connectivity index (χ4n) is 2.97. The number of hydrogen-bond acceptors (Lipinski definition) is 2. The fourth-order valence-corrected chi connectivity index (χ4v) is 2.97. The molecule has 2 aromatic carbocycles. The van der Waals surface area contributed by atoms with Crippen molar-refractivity contribution in [3.05, 3.63) is 64.2 Å². The smallest absolute Gasteiger partial charge is 0.252 e. The summed E-state index contributed by atoms with van der Waals surface area (Å²) in [4.78, 5) is 12.8. The molecule has 0 fully saturated rings. The maximum absolute atomic E-state index is 12.8. The number of nitrogens with one attached hydrogen (secondary N) is 1. The highest BCUT2D eigenvalue weighted by molar-refractivity contribution is 5.96. The molecule has 0 bridgehead atoms. The standard InChI is InChI=1S/C22H29NO2/c1-7-17-8-10-18(11-9-17)16(5)23-22(24)20-13-19(14(2)3)21(25-6)12-15(20)4/h8-14,16H,7H2,1-6H3,(H,23,24)/t16-/m1/s1. The number of amides is 1. The van der Waals surface area contributed by atoms with E-state index in [-0.39, 0.29) is 11.9 Å². The van der Waals surface area contributed by atoms with Crippen molar-refractivity contribution in [3.63, 3.8) is 0 Å². The van der Waals surface area contributed by atoms with Gasteiger partial charge in [-0.2, -0.15) is 0 Å². The molecule has 2 rings (SSSR count). The van der Waals surface area contributed by atoms with Gasteiger partial charge in [-0.25, -0.2) is 0 Å². The first-order chi connectivity index (χ1) is 11.9. The highest BCUT2D eigenvalue weighted by atomic mass is 16.5. The number of aryl methyl sites for hydroxylation is 2. The molecule has 0 aliphatic heterocycles.